The van der Waals surface area contributed by atoms with Gasteiger partial charge in [0.05, 0.1) is 11.3 Å². The molecule has 3 amide bonds. The molecule has 6 heteroatoms. The predicted molar refractivity (Wildman–Crippen MR) is 130 cm³/mol. The number of para-hydroxylation sites is 1. The highest BCUT2D eigenvalue weighted by molar-refractivity contribution is 6.40. The van der Waals surface area contributed by atoms with Gasteiger partial charge in [0.25, 0.3) is 5.91 Å². The fourth-order valence-electron chi connectivity index (χ4n) is 3.41. The minimum absolute atomic E-state index is 0.303. The minimum atomic E-state index is -0.789. The van der Waals surface area contributed by atoms with Crippen LogP contribution in [0, 0.1) is 0 Å². The second-order valence-corrected chi connectivity index (χ2v) is 7.69. The number of benzene rings is 3. The summed E-state index contributed by atoms with van der Waals surface area (Å²) in [6.45, 7) is 0.884. The van der Waals surface area contributed by atoms with Crippen molar-refractivity contribution in [2.75, 3.05) is 18.4 Å². The molecule has 0 aliphatic carbocycles. The van der Waals surface area contributed by atoms with Crippen molar-refractivity contribution in [3.63, 3.8) is 0 Å². The first-order valence-corrected chi connectivity index (χ1v) is 11.2. The van der Waals surface area contributed by atoms with Gasteiger partial charge >= 0.3 is 11.8 Å². The number of unbranched alkanes of at least 4 members (excludes halogenated alkanes) is 1. The molecule has 0 aliphatic heterocycles. The molecule has 0 heterocycles. The third-order valence-electron chi connectivity index (χ3n) is 5.19. The van der Waals surface area contributed by atoms with E-state index in [0.717, 1.165) is 24.8 Å². The molecule has 33 heavy (non-hydrogen) atoms. The average molecular weight is 444 g/mol. The van der Waals surface area contributed by atoms with Crippen molar-refractivity contribution >= 4 is 23.4 Å². The fourth-order valence-corrected chi connectivity index (χ4v) is 3.41. The lowest BCUT2D eigenvalue weighted by Gasteiger charge is -2.11. The molecule has 0 bridgehead atoms. The molecule has 0 aromatic heterocycles. The van der Waals surface area contributed by atoms with Gasteiger partial charge in [-0.1, -0.05) is 72.8 Å². The first kappa shape index (κ1) is 23.7. The van der Waals surface area contributed by atoms with Crippen molar-refractivity contribution in [1.29, 1.82) is 0 Å². The summed E-state index contributed by atoms with van der Waals surface area (Å²) in [6, 6.07) is 26.6. The topological polar surface area (TPSA) is 87.3 Å². The molecule has 0 aliphatic rings. The van der Waals surface area contributed by atoms with Crippen LogP contribution in [0.5, 0.6) is 0 Å². The van der Waals surface area contributed by atoms with Crippen LogP contribution in [0.4, 0.5) is 5.69 Å². The van der Waals surface area contributed by atoms with E-state index in [-0.39, 0.29) is 5.91 Å². The van der Waals surface area contributed by atoms with Crippen LogP contribution in [-0.4, -0.2) is 30.8 Å². The zero-order valence-electron chi connectivity index (χ0n) is 18.6. The predicted octanol–water partition coefficient (Wildman–Crippen LogP) is 3.74. The quantitative estimate of drug-likeness (QED) is 0.330. The zero-order valence-corrected chi connectivity index (χ0v) is 18.6. The normalized spacial score (nSPS) is 10.3. The van der Waals surface area contributed by atoms with Gasteiger partial charge in [0.2, 0.25) is 0 Å². The third kappa shape index (κ3) is 7.92. The average Bonchev–Trinajstić information content (AvgIpc) is 2.85. The largest absolute Gasteiger partial charge is 0.352 e. The molecule has 0 spiro atoms. The van der Waals surface area contributed by atoms with E-state index in [2.05, 4.69) is 28.1 Å². The van der Waals surface area contributed by atoms with Crippen LogP contribution in [0.2, 0.25) is 0 Å². The number of hydrogen-bond donors (Lipinski definition) is 3. The van der Waals surface area contributed by atoms with E-state index in [4.69, 9.17) is 0 Å². The van der Waals surface area contributed by atoms with Crippen LogP contribution in [-0.2, 0) is 22.4 Å². The second-order valence-electron chi connectivity index (χ2n) is 7.69. The van der Waals surface area contributed by atoms with Crippen LogP contribution in [0.25, 0.3) is 0 Å². The SMILES string of the molecule is O=C(NCCCCc1ccccc1)C(=O)Nc1ccccc1C(=O)NCCc1ccccc1. The van der Waals surface area contributed by atoms with Gasteiger partial charge in [-0.2, -0.15) is 0 Å². The van der Waals surface area contributed by atoms with Gasteiger partial charge in [-0.05, 0) is 48.9 Å². The van der Waals surface area contributed by atoms with Crippen molar-refractivity contribution in [1.82, 2.24) is 10.6 Å². The van der Waals surface area contributed by atoms with Crippen molar-refractivity contribution in [2.24, 2.45) is 0 Å². The molecule has 3 aromatic rings. The first-order chi connectivity index (χ1) is 16.1. The highest BCUT2D eigenvalue weighted by Gasteiger charge is 2.17. The Morgan fingerprint density at radius 3 is 1.88 bits per heavy atom. The van der Waals surface area contributed by atoms with Crippen LogP contribution in [0.3, 0.4) is 0 Å². The molecular formula is C27H29N3O3. The Morgan fingerprint density at radius 2 is 1.18 bits per heavy atom. The molecule has 170 valence electrons. The summed E-state index contributed by atoms with van der Waals surface area (Å²) in [5.74, 6) is -1.81. The van der Waals surface area contributed by atoms with Crippen LogP contribution < -0.4 is 16.0 Å². The highest BCUT2D eigenvalue weighted by atomic mass is 16.2. The van der Waals surface area contributed by atoms with E-state index in [1.807, 2.05) is 48.5 Å². The second kappa shape index (κ2) is 12.8. The van der Waals surface area contributed by atoms with Gasteiger partial charge in [-0.15, -0.1) is 0 Å². The number of rotatable bonds is 10. The fraction of sp³-hybridized carbons (Fsp3) is 0.222. The van der Waals surface area contributed by atoms with Crippen molar-refractivity contribution < 1.29 is 14.4 Å². The number of nitrogens with one attached hydrogen (secondary N) is 3. The number of aryl methyl sites for hydroxylation is 1. The summed E-state index contributed by atoms with van der Waals surface area (Å²) in [5.41, 5.74) is 2.99. The zero-order chi connectivity index (χ0) is 23.3. The first-order valence-electron chi connectivity index (χ1n) is 11.2. The summed E-state index contributed by atoms with van der Waals surface area (Å²) >= 11 is 0. The molecule has 0 fully saturated rings. The smallest absolute Gasteiger partial charge is 0.313 e. The standard InChI is InChI=1S/C27H29N3O3/c31-25(29-20-18-22-13-5-2-6-14-22)23-16-7-8-17-24(23)30-27(33)26(32)28-19-10-9-15-21-11-3-1-4-12-21/h1-8,11-14,16-17H,9-10,15,18-20H2,(H,28,32)(H,29,31)(H,30,33). The molecular weight excluding hydrogens is 414 g/mol. The summed E-state index contributed by atoms with van der Waals surface area (Å²) in [4.78, 5) is 37.1. The van der Waals surface area contributed by atoms with E-state index in [9.17, 15) is 14.4 Å². The molecule has 6 nitrogen and oxygen atoms in total. The molecule has 0 saturated carbocycles. The lowest BCUT2D eigenvalue weighted by atomic mass is 10.1. The van der Waals surface area contributed by atoms with E-state index in [1.165, 1.54) is 5.56 Å². The Kier molecular flexibility index (Phi) is 9.21. The number of anilines is 1. The Labute approximate surface area is 194 Å². The highest BCUT2D eigenvalue weighted by Crippen LogP contribution is 2.15. The summed E-state index contributed by atoms with van der Waals surface area (Å²) < 4.78 is 0. The molecule has 0 atom stereocenters. The van der Waals surface area contributed by atoms with Crippen molar-refractivity contribution in [3.05, 3.63) is 102 Å². The Balaban J connectivity index is 1.43. The van der Waals surface area contributed by atoms with E-state index in [1.54, 1.807) is 24.3 Å². The van der Waals surface area contributed by atoms with Gasteiger partial charge < -0.3 is 16.0 Å². The van der Waals surface area contributed by atoms with E-state index < -0.39 is 11.8 Å². The number of carbonyl (C=O) groups excluding carboxylic acids is 3. The van der Waals surface area contributed by atoms with Crippen LogP contribution in [0.1, 0.15) is 34.3 Å². The monoisotopic (exact) mass is 443 g/mol. The molecule has 0 saturated heterocycles. The van der Waals surface area contributed by atoms with E-state index in [0.29, 0.717) is 30.8 Å². The Bertz CT molecular complexity index is 1050. The number of hydrogen-bond acceptors (Lipinski definition) is 3. The number of carbonyl (C=O) groups is 3. The molecule has 3 rings (SSSR count). The van der Waals surface area contributed by atoms with Gasteiger partial charge in [-0.3, -0.25) is 14.4 Å². The van der Waals surface area contributed by atoms with Crippen LogP contribution in [0.15, 0.2) is 84.9 Å². The van der Waals surface area contributed by atoms with Gasteiger partial charge in [0.15, 0.2) is 0 Å². The molecule has 3 N–H and O–H groups in total. The maximum atomic E-state index is 12.6. The summed E-state index contributed by atoms with van der Waals surface area (Å²) in [6.07, 6.45) is 3.32. The summed E-state index contributed by atoms with van der Waals surface area (Å²) in [5, 5.41) is 8.05. The number of amides is 3. The van der Waals surface area contributed by atoms with Crippen molar-refractivity contribution in [3.8, 4) is 0 Å². The maximum absolute atomic E-state index is 12.6. The summed E-state index contributed by atoms with van der Waals surface area (Å²) in [7, 11) is 0. The lowest BCUT2D eigenvalue weighted by molar-refractivity contribution is -0.136. The third-order valence-corrected chi connectivity index (χ3v) is 5.19. The van der Waals surface area contributed by atoms with Gasteiger partial charge in [-0.25, -0.2) is 0 Å². The van der Waals surface area contributed by atoms with Crippen molar-refractivity contribution in [2.45, 2.75) is 25.7 Å². The van der Waals surface area contributed by atoms with E-state index >= 15 is 0 Å². The van der Waals surface area contributed by atoms with Gasteiger partial charge in [0.1, 0.15) is 0 Å². The minimum Gasteiger partial charge on any atom is -0.352 e. The molecule has 3 aromatic carbocycles. The van der Waals surface area contributed by atoms with Gasteiger partial charge in [0, 0.05) is 13.1 Å². The van der Waals surface area contributed by atoms with Crippen LogP contribution >= 0.6 is 0 Å². The maximum Gasteiger partial charge on any atom is 0.313 e. The Hall–Kier alpha value is -3.93. The molecule has 0 radical (unpaired) electrons. The lowest BCUT2D eigenvalue weighted by Crippen LogP contribution is -2.36. The Morgan fingerprint density at radius 1 is 0.576 bits per heavy atom. The molecule has 0 unspecified atom stereocenters.